The average molecular weight is 365 g/mol. The quantitative estimate of drug-likeness (QED) is 0.905. The Morgan fingerprint density at radius 3 is 1.85 bits per heavy atom. The zero-order valence-corrected chi connectivity index (χ0v) is 16.0. The van der Waals surface area contributed by atoms with Gasteiger partial charge in [-0.05, 0) is 24.0 Å². The normalized spacial score (nSPS) is 14.9. The summed E-state index contributed by atoms with van der Waals surface area (Å²) >= 11 is 0. The van der Waals surface area contributed by atoms with Crippen molar-refractivity contribution in [2.45, 2.75) is 24.8 Å². The number of benzene rings is 2. The summed E-state index contributed by atoms with van der Waals surface area (Å²) in [5.41, 5.74) is 1.97. The molecule has 2 aromatic carbocycles. The molecule has 0 spiro atoms. The molecule has 2 aromatic rings. The zero-order valence-electron chi connectivity index (χ0n) is 16.0. The Balaban J connectivity index is 1.69. The van der Waals surface area contributed by atoms with E-state index in [4.69, 9.17) is 0 Å². The molecule has 1 aliphatic rings. The van der Waals surface area contributed by atoms with Crippen LogP contribution in [0.5, 0.6) is 0 Å². The minimum Gasteiger partial charge on any atom is -0.352 e. The van der Waals surface area contributed by atoms with Gasteiger partial charge < -0.3 is 15.1 Å². The van der Waals surface area contributed by atoms with Gasteiger partial charge in [-0.3, -0.25) is 4.79 Å². The number of piperidine rings is 1. The third-order valence-corrected chi connectivity index (χ3v) is 5.02. The highest BCUT2D eigenvalue weighted by Crippen LogP contribution is 2.25. The lowest BCUT2D eigenvalue weighted by atomic mass is 9.90. The maximum absolute atomic E-state index is 13.1. The van der Waals surface area contributed by atoms with Crippen molar-refractivity contribution in [3.8, 4) is 0 Å². The molecule has 1 N–H and O–H groups in total. The molecule has 3 amide bonds. The molecule has 0 unspecified atom stereocenters. The molecule has 0 aliphatic carbocycles. The van der Waals surface area contributed by atoms with Crippen LogP contribution in [0.1, 0.15) is 29.9 Å². The first-order chi connectivity index (χ1) is 13.1. The van der Waals surface area contributed by atoms with Gasteiger partial charge in [-0.25, -0.2) is 4.79 Å². The van der Waals surface area contributed by atoms with Crippen LogP contribution in [0, 0.1) is 0 Å². The van der Waals surface area contributed by atoms with Crippen molar-refractivity contribution in [1.29, 1.82) is 0 Å². The lowest BCUT2D eigenvalue weighted by Crippen LogP contribution is -2.49. The standard InChI is InChI=1S/C22H27N3O2/c1-24(2)22(27)25-15-13-19(14-16-25)23-21(26)20(17-9-5-3-6-10-17)18-11-7-4-8-12-18/h3-12,19-20H,13-16H2,1-2H3,(H,23,26). The Labute approximate surface area is 161 Å². The third kappa shape index (κ3) is 4.67. The van der Waals surface area contributed by atoms with Gasteiger partial charge in [0, 0.05) is 33.2 Å². The van der Waals surface area contributed by atoms with Crippen LogP contribution in [-0.4, -0.2) is 55.0 Å². The van der Waals surface area contributed by atoms with Crippen LogP contribution in [0.4, 0.5) is 4.79 Å². The predicted molar refractivity (Wildman–Crippen MR) is 107 cm³/mol. The Morgan fingerprint density at radius 1 is 0.926 bits per heavy atom. The highest BCUT2D eigenvalue weighted by atomic mass is 16.2. The second kappa shape index (κ2) is 8.71. The number of nitrogens with one attached hydrogen (secondary N) is 1. The van der Waals surface area contributed by atoms with Crippen molar-refractivity contribution in [2.75, 3.05) is 27.2 Å². The minimum absolute atomic E-state index is 0.0183. The van der Waals surface area contributed by atoms with Crippen LogP contribution in [0.2, 0.25) is 0 Å². The molecule has 27 heavy (non-hydrogen) atoms. The monoisotopic (exact) mass is 365 g/mol. The maximum Gasteiger partial charge on any atom is 0.319 e. The van der Waals surface area contributed by atoms with Gasteiger partial charge >= 0.3 is 6.03 Å². The molecule has 0 saturated carbocycles. The maximum atomic E-state index is 13.1. The van der Waals surface area contributed by atoms with Crippen molar-refractivity contribution in [3.63, 3.8) is 0 Å². The Kier molecular flexibility index (Phi) is 6.12. The molecule has 0 radical (unpaired) electrons. The van der Waals surface area contributed by atoms with Crippen molar-refractivity contribution < 1.29 is 9.59 Å². The van der Waals surface area contributed by atoms with Crippen molar-refractivity contribution in [3.05, 3.63) is 71.8 Å². The summed E-state index contributed by atoms with van der Waals surface area (Å²) in [5, 5.41) is 3.21. The molecule has 0 aromatic heterocycles. The van der Waals surface area contributed by atoms with E-state index in [0.29, 0.717) is 13.1 Å². The molecule has 3 rings (SSSR count). The van der Waals surface area contributed by atoms with E-state index in [1.54, 1.807) is 19.0 Å². The van der Waals surface area contributed by atoms with Crippen LogP contribution in [0.25, 0.3) is 0 Å². The summed E-state index contributed by atoms with van der Waals surface area (Å²) < 4.78 is 0. The minimum atomic E-state index is -0.325. The molecule has 1 aliphatic heterocycles. The van der Waals surface area contributed by atoms with Gasteiger partial charge in [0.2, 0.25) is 5.91 Å². The molecule has 142 valence electrons. The van der Waals surface area contributed by atoms with E-state index in [1.807, 2.05) is 65.6 Å². The highest BCUT2D eigenvalue weighted by Gasteiger charge is 2.28. The van der Waals surface area contributed by atoms with E-state index >= 15 is 0 Å². The third-order valence-electron chi connectivity index (χ3n) is 5.02. The number of rotatable bonds is 4. The zero-order chi connectivity index (χ0) is 19.2. The molecule has 0 bridgehead atoms. The summed E-state index contributed by atoms with van der Waals surface area (Å²) in [5.74, 6) is -0.307. The van der Waals surface area contributed by atoms with Gasteiger partial charge in [-0.15, -0.1) is 0 Å². The number of hydrogen-bond donors (Lipinski definition) is 1. The molecule has 0 atom stereocenters. The number of amides is 3. The van der Waals surface area contributed by atoms with Crippen molar-refractivity contribution in [1.82, 2.24) is 15.1 Å². The second-order valence-electron chi connectivity index (χ2n) is 7.20. The molecule has 1 heterocycles. The smallest absolute Gasteiger partial charge is 0.319 e. The van der Waals surface area contributed by atoms with E-state index in [1.165, 1.54) is 0 Å². The molecule has 1 saturated heterocycles. The first kappa shape index (κ1) is 19.0. The number of carbonyl (C=O) groups excluding carboxylic acids is 2. The molecule has 5 heteroatoms. The number of carbonyl (C=O) groups is 2. The lowest BCUT2D eigenvalue weighted by Gasteiger charge is -2.34. The van der Waals surface area contributed by atoms with Gasteiger partial charge in [0.15, 0.2) is 0 Å². The van der Waals surface area contributed by atoms with Gasteiger partial charge in [-0.2, -0.15) is 0 Å². The summed E-state index contributed by atoms with van der Waals surface area (Å²) in [6.07, 6.45) is 1.56. The van der Waals surface area contributed by atoms with Gasteiger partial charge in [0.05, 0.1) is 5.92 Å². The Hall–Kier alpha value is -2.82. The first-order valence-electron chi connectivity index (χ1n) is 9.42. The summed E-state index contributed by atoms with van der Waals surface area (Å²) in [6, 6.07) is 19.9. The molecular weight excluding hydrogens is 338 g/mol. The average Bonchev–Trinajstić information content (AvgIpc) is 2.70. The van der Waals surface area contributed by atoms with Crippen molar-refractivity contribution in [2.24, 2.45) is 0 Å². The van der Waals surface area contributed by atoms with Crippen LogP contribution in [-0.2, 0) is 4.79 Å². The number of nitrogens with zero attached hydrogens (tertiary/aromatic N) is 2. The summed E-state index contributed by atoms with van der Waals surface area (Å²) in [6.45, 7) is 1.34. The second-order valence-corrected chi connectivity index (χ2v) is 7.20. The fourth-order valence-electron chi connectivity index (χ4n) is 3.57. The molecule has 5 nitrogen and oxygen atoms in total. The summed E-state index contributed by atoms with van der Waals surface area (Å²) in [7, 11) is 3.53. The fraction of sp³-hybridized carbons (Fsp3) is 0.364. The van der Waals surface area contributed by atoms with Crippen molar-refractivity contribution >= 4 is 11.9 Å². The number of hydrogen-bond acceptors (Lipinski definition) is 2. The van der Waals surface area contributed by atoms with Gasteiger partial charge in [-0.1, -0.05) is 60.7 Å². The van der Waals surface area contributed by atoms with Gasteiger partial charge in [0.25, 0.3) is 0 Å². The van der Waals surface area contributed by atoms with E-state index in [0.717, 1.165) is 24.0 Å². The van der Waals surface area contributed by atoms with Crippen LogP contribution < -0.4 is 5.32 Å². The Morgan fingerprint density at radius 2 is 1.41 bits per heavy atom. The Bertz CT molecular complexity index is 714. The largest absolute Gasteiger partial charge is 0.352 e. The topological polar surface area (TPSA) is 52.7 Å². The van der Waals surface area contributed by atoms with E-state index in [9.17, 15) is 9.59 Å². The lowest BCUT2D eigenvalue weighted by molar-refractivity contribution is -0.122. The van der Waals surface area contributed by atoms with E-state index in [-0.39, 0.29) is 23.9 Å². The first-order valence-corrected chi connectivity index (χ1v) is 9.42. The predicted octanol–water partition coefficient (Wildman–Crippen LogP) is 3.08. The molecular formula is C22H27N3O2. The number of urea groups is 1. The van der Waals surface area contributed by atoms with E-state index in [2.05, 4.69) is 5.32 Å². The highest BCUT2D eigenvalue weighted by molar-refractivity contribution is 5.87. The van der Waals surface area contributed by atoms with Gasteiger partial charge in [0.1, 0.15) is 0 Å². The number of likely N-dealkylation sites (tertiary alicyclic amines) is 1. The SMILES string of the molecule is CN(C)C(=O)N1CCC(NC(=O)C(c2ccccc2)c2ccccc2)CC1. The molecule has 1 fully saturated rings. The van der Waals surface area contributed by atoms with Crippen LogP contribution >= 0.6 is 0 Å². The summed E-state index contributed by atoms with van der Waals surface area (Å²) in [4.78, 5) is 28.6. The van der Waals surface area contributed by atoms with Crippen LogP contribution in [0.3, 0.4) is 0 Å². The fourth-order valence-corrected chi connectivity index (χ4v) is 3.57. The van der Waals surface area contributed by atoms with E-state index < -0.39 is 0 Å². The van der Waals surface area contributed by atoms with Crippen LogP contribution in [0.15, 0.2) is 60.7 Å².